The van der Waals surface area contributed by atoms with Crippen molar-refractivity contribution >= 4 is 0 Å². The summed E-state index contributed by atoms with van der Waals surface area (Å²) in [6, 6.07) is 9.96. The standard InChI is InChI=1S/C13H11N5/c1-18-12(10-5-3-2-4-6-10)16-17-13(18)11-7-14-9-15-8-11/h2-9H,1H3. The molecule has 0 aliphatic rings. The second-order valence-electron chi connectivity index (χ2n) is 3.90. The molecule has 0 spiro atoms. The van der Waals surface area contributed by atoms with Crippen LogP contribution < -0.4 is 0 Å². The predicted octanol–water partition coefficient (Wildman–Crippen LogP) is 1.94. The van der Waals surface area contributed by atoms with Gasteiger partial charge in [-0.15, -0.1) is 10.2 Å². The van der Waals surface area contributed by atoms with E-state index in [9.17, 15) is 0 Å². The molecule has 1 aromatic carbocycles. The molecular weight excluding hydrogens is 226 g/mol. The van der Waals surface area contributed by atoms with Gasteiger partial charge in [-0.3, -0.25) is 0 Å². The topological polar surface area (TPSA) is 56.5 Å². The first-order valence-electron chi connectivity index (χ1n) is 5.56. The lowest BCUT2D eigenvalue weighted by Crippen LogP contribution is -1.96. The van der Waals surface area contributed by atoms with E-state index in [2.05, 4.69) is 20.2 Å². The summed E-state index contributed by atoms with van der Waals surface area (Å²) in [5, 5.41) is 8.42. The Morgan fingerprint density at radius 1 is 0.833 bits per heavy atom. The zero-order chi connectivity index (χ0) is 12.4. The van der Waals surface area contributed by atoms with Crippen LogP contribution >= 0.6 is 0 Å². The van der Waals surface area contributed by atoms with Gasteiger partial charge in [0, 0.05) is 25.0 Å². The van der Waals surface area contributed by atoms with Gasteiger partial charge >= 0.3 is 0 Å². The van der Waals surface area contributed by atoms with Crippen molar-refractivity contribution in [3.63, 3.8) is 0 Å². The molecule has 0 aliphatic carbocycles. The lowest BCUT2D eigenvalue weighted by Gasteiger charge is -2.03. The van der Waals surface area contributed by atoms with Crippen LogP contribution in [-0.2, 0) is 7.05 Å². The third-order valence-corrected chi connectivity index (χ3v) is 2.73. The first-order chi connectivity index (χ1) is 8.86. The van der Waals surface area contributed by atoms with Crippen molar-refractivity contribution in [2.75, 3.05) is 0 Å². The van der Waals surface area contributed by atoms with Gasteiger partial charge in [-0.1, -0.05) is 30.3 Å². The Balaban J connectivity index is 2.09. The Morgan fingerprint density at radius 2 is 1.44 bits per heavy atom. The molecule has 0 aliphatic heterocycles. The molecule has 5 heteroatoms. The molecule has 2 heterocycles. The van der Waals surface area contributed by atoms with Crippen molar-refractivity contribution < 1.29 is 0 Å². The first kappa shape index (κ1) is 10.6. The van der Waals surface area contributed by atoms with Crippen LogP contribution in [0.4, 0.5) is 0 Å². The van der Waals surface area contributed by atoms with Crippen LogP contribution in [0.1, 0.15) is 0 Å². The first-order valence-corrected chi connectivity index (χ1v) is 5.56. The number of hydrogen-bond acceptors (Lipinski definition) is 4. The molecule has 3 rings (SSSR count). The van der Waals surface area contributed by atoms with Crippen molar-refractivity contribution in [2.45, 2.75) is 0 Å². The van der Waals surface area contributed by atoms with Crippen molar-refractivity contribution in [1.29, 1.82) is 0 Å². The van der Waals surface area contributed by atoms with Crippen LogP contribution in [0.3, 0.4) is 0 Å². The average molecular weight is 237 g/mol. The van der Waals surface area contributed by atoms with Crippen molar-refractivity contribution in [3.8, 4) is 22.8 Å². The van der Waals surface area contributed by atoms with Crippen LogP contribution in [0.2, 0.25) is 0 Å². The Labute approximate surface area is 104 Å². The summed E-state index contributed by atoms with van der Waals surface area (Å²) < 4.78 is 1.94. The maximum atomic E-state index is 4.22. The second kappa shape index (κ2) is 4.37. The minimum Gasteiger partial charge on any atom is -0.310 e. The third kappa shape index (κ3) is 1.75. The van der Waals surface area contributed by atoms with E-state index < -0.39 is 0 Å². The third-order valence-electron chi connectivity index (χ3n) is 2.73. The van der Waals surface area contributed by atoms with Crippen molar-refractivity contribution in [2.24, 2.45) is 7.05 Å². The Bertz CT molecular complexity index is 589. The van der Waals surface area contributed by atoms with E-state index in [1.54, 1.807) is 12.4 Å². The van der Waals surface area contributed by atoms with Gasteiger partial charge < -0.3 is 4.57 Å². The van der Waals surface area contributed by atoms with Gasteiger partial charge in [0.05, 0.1) is 5.56 Å². The van der Waals surface area contributed by atoms with E-state index in [4.69, 9.17) is 0 Å². The van der Waals surface area contributed by atoms with Crippen molar-refractivity contribution in [3.05, 3.63) is 49.1 Å². The lowest BCUT2D eigenvalue weighted by molar-refractivity contribution is 0.926. The molecule has 2 aromatic heterocycles. The molecule has 0 atom stereocenters. The Morgan fingerprint density at radius 3 is 2.11 bits per heavy atom. The molecule has 88 valence electrons. The quantitative estimate of drug-likeness (QED) is 0.683. The largest absolute Gasteiger partial charge is 0.310 e. The molecule has 0 saturated carbocycles. The zero-order valence-corrected chi connectivity index (χ0v) is 9.85. The average Bonchev–Trinajstić information content (AvgIpc) is 2.83. The Hall–Kier alpha value is -2.56. The molecule has 0 N–H and O–H groups in total. The van der Waals surface area contributed by atoms with Gasteiger partial charge in [0.2, 0.25) is 0 Å². The summed E-state index contributed by atoms with van der Waals surface area (Å²) in [4.78, 5) is 7.98. The molecule has 3 aromatic rings. The Kier molecular flexibility index (Phi) is 2.57. The fraction of sp³-hybridized carbons (Fsp3) is 0.0769. The van der Waals surface area contributed by atoms with Crippen LogP contribution in [-0.4, -0.2) is 24.7 Å². The highest BCUT2D eigenvalue weighted by Crippen LogP contribution is 2.21. The molecule has 0 fully saturated rings. The van der Waals surface area contributed by atoms with Gasteiger partial charge in [-0.05, 0) is 0 Å². The molecule has 18 heavy (non-hydrogen) atoms. The van der Waals surface area contributed by atoms with Crippen LogP contribution in [0.5, 0.6) is 0 Å². The maximum absolute atomic E-state index is 4.22. The predicted molar refractivity (Wildman–Crippen MR) is 67.5 cm³/mol. The van der Waals surface area contributed by atoms with Crippen LogP contribution in [0.25, 0.3) is 22.8 Å². The highest BCUT2D eigenvalue weighted by atomic mass is 15.3. The molecule has 0 bridgehead atoms. The summed E-state index contributed by atoms with van der Waals surface area (Å²) in [6.07, 6.45) is 4.95. The smallest absolute Gasteiger partial charge is 0.167 e. The summed E-state index contributed by atoms with van der Waals surface area (Å²) in [7, 11) is 1.94. The van der Waals surface area contributed by atoms with E-state index in [1.807, 2.05) is 41.9 Å². The highest BCUT2D eigenvalue weighted by Gasteiger charge is 2.11. The van der Waals surface area contributed by atoms with Gasteiger partial charge in [0.15, 0.2) is 11.6 Å². The molecular formula is C13H11N5. The van der Waals surface area contributed by atoms with Gasteiger partial charge in [-0.25, -0.2) is 9.97 Å². The van der Waals surface area contributed by atoms with E-state index >= 15 is 0 Å². The van der Waals surface area contributed by atoms with E-state index in [0.717, 1.165) is 22.8 Å². The number of benzene rings is 1. The monoisotopic (exact) mass is 237 g/mol. The van der Waals surface area contributed by atoms with E-state index in [-0.39, 0.29) is 0 Å². The van der Waals surface area contributed by atoms with Gasteiger partial charge in [0.1, 0.15) is 6.33 Å². The SMILES string of the molecule is Cn1c(-c2ccccc2)nnc1-c1cncnc1. The van der Waals surface area contributed by atoms with Crippen LogP contribution in [0.15, 0.2) is 49.1 Å². The normalized spacial score (nSPS) is 10.5. The summed E-state index contributed by atoms with van der Waals surface area (Å²) in [5.74, 6) is 1.59. The van der Waals surface area contributed by atoms with E-state index in [1.165, 1.54) is 6.33 Å². The fourth-order valence-corrected chi connectivity index (χ4v) is 1.83. The molecule has 0 saturated heterocycles. The van der Waals surface area contributed by atoms with Crippen LogP contribution in [0, 0.1) is 0 Å². The number of aromatic nitrogens is 5. The minimum absolute atomic E-state index is 0.759. The van der Waals surface area contributed by atoms with Gasteiger partial charge in [-0.2, -0.15) is 0 Å². The number of nitrogens with zero attached hydrogens (tertiary/aromatic N) is 5. The van der Waals surface area contributed by atoms with Crippen molar-refractivity contribution in [1.82, 2.24) is 24.7 Å². The number of rotatable bonds is 2. The highest BCUT2D eigenvalue weighted by molar-refractivity contribution is 5.61. The minimum atomic E-state index is 0.759. The fourth-order valence-electron chi connectivity index (χ4n) is 1.83. The molecule has 0 amide bonds. The maximum Gasteiger partial charge on any atom is 0.167 e. The second-order valence-corrected chi connectivity index (χ2v) is 3.90. The summed E-state index contributed by atoms with van der Waals surface area (Å²) in [6.45, 7) is 0. The molecule has 5 nitrogen and oxygen atoms in total. The van der Waals surface area contributed by atoms with E-state index in [0.29, 0.717) is 0 Å². The summed E-state index contributed by atoms with van der Waals surface area (Å²) in [5.41, 5.74) is 1.89. The lowest BCUT2D eigenvalue weighted by atomic mass is 10.2. The molecule has 0 unspecified atom stereocenters. The summed E-state index contributed by atoms with van der Waals surface area (Å²) >= 11 is 0. The van der Waals surface area contributed by atoms with Gasteiger partial charge in [0.25, 0.3) is 0 Å². The zero-order valence-electron chi connectivity index (χ0n) is 9.85. The number of hydrogen-bond donors (Lipinski definition) is 0. The molecule has 0 radical (unpaired) electrons.